The summed E-state index contributed by atoms with van der Waals surface area (Å²) in [5.41, 5.74) is 2.37. The van der Waals surface area contributed by atoms with Gasteiger partial charge in [0.15, 0.2) is 0 Å². The summed E-state index contributed by atoms with van der Waals surface area (Å²) < 4.78 is 5.44. The lowest BCUT2D eigenvalue weighted by molar-refractivity contribution is 0.503. The second kappa shape index (κ2) is 6.35. The molecule has 1 N–H and O–H groups in total. The van der Waals surface area contributed by atoms with E-state index in [-0.39, 0.29) is 0 Å². The summed E-state index contributed by atoms with van der Waals surface area (Å²) in [6.07, 6.45) is 3.91. The lowest BCUT2D eigenvalue weighted by Gasteiger charge is -2.15. The van der Waals surface area contributed by atoms with Crippen molar-refractivity contribution in [3.63, 3.8) is 0 Å². The molecule has 0 aliphatic heterocycles. The topological polar surface area (TPSA) is 38.1 Å². The molecule has 0 aromatic carbocycles. The predicted molar refractivity (Wildman–Crippen MR) is 79.8 cm³/mol. The zero-order valence-corrected chi connectivity index (χ0v) is 12.9. The lowest BCUT2D eigenvalue weighted by atomic mass is 10.1. The highest BCUT2D eigenvalue weighted by molar-refractivity contribution is 7.11. The number of furan rings is 1. The number of thiazole rings is 1. The lowest BCUT2D eigenvalue weighted by Crippen LogP contribution is -2.23. The summed E-state index contributed by atoms with van der Waals surface area (Å²) >= 11 is 1.80. The molecule has 104 valence electrons. The van der Waals surface area contributed by atoms with E-state index in [0.717, 1.165) is 30.8 Å². The number of hydrogen-bond acceptors (Lipinski definition) is 4. The number of aromatic nitrogens is 1. The van der Waals surface area contributed by atoms with Crippen molar-refractivity contribution in [2.24, 2.45) is 0 Å². The minimum Gasteiger partial charge on any atom is -0.469 e. The fourth-order valence-corrected chi connectivity index (χ4v) is 3.05. The number of aryl methyl sites for hydroxylation is 3. The van der Waals surface area contributed by atoms with Crippen molar-refractivity contribution in [2.75, 3.05) is 6.54 Å². The molecule has 0 spiro atoms. The van der Waals surface area contributed by atoms with Crippen molar-refractivity contribution in [3.8, 4) is 0 Å². The first-order chi connectivity index (χ1) is 9.10. The molecule has 1 unspecified atom stereocenters. The van der Waals surface area contributed by atoms with Crippen molar-refractivity contribution < 1.29 is 4.42 Å². The highest BCUT2D eigenvalue weighted by Crippen LogP contribution is 2.24. The van der Waals surface area contributed by atoms with E-state index >= 15 is 0 Å². The monoisotopic (exact) mass is 278 g/mol. The molecule has 0 aliphatic rings. The average Bonchev–Trinajstić information content (AvgIpc) is 2.92. The maximum atomic E-state index is 5.44. The minimum atomic E-state index is 0.294. The molecule has 0 bridgehead atoms. The molecule has 0 saturated carbocycles. The summed E-state index contributed by atoms with van der Waals surface area (Å²) in [6, 6.07) is 2.41. The van der Waals surface area contributed by atoms with Crippen LogP contribution in [0, 0.1) is 20.8 Å². The van der Waals surface area contributed by atoms with Crippen molar-refractivity contribution in [3.05, 3.63) is 39.2 Å². The molecule has 0 saturated heterocycles. The third-order valence-corrected chi connectivity index (χ3v) is 4.34. The Kier molecular flexibility index (Phi) is 4.77. The molecule has 0 fully saturated rings. The van der Waals surface area contributed by atoms with Crippen molar-refractivity contribution >= 4 is 11.3 Å². The summed E-state index contributed by atoms with van der Waals surface area (Å²) in [5, 5.41) is 4.78. The van der Waals surface area contributed by atoms with Gasteiger partial charge in [-0.3, -0.25) is 0 Å². The van der Waals surface area contributed by atoms with Gasteiger partial charge in [0.1, 0.15) is 5.76 Å². The van der Waals surface area contributed by atoms with Crippen LogP contribution in [0.5, 0.6) is 0 Å². The van der Waals surface area contributed by atoms with Crippen LogP contribution in [0.15, 0.2) is 16.7 Å². The van der Waals surface area contributed by atoms with Crippen LogP contribution >= 0.6 is 11.3 Å². The van der Waals surface area contributed by atoms with Gasteiger partial charge in [0.2, 0.25) is 0 Å². The molecule has 2 aromatic rings. The second-order valence-electron chi connectivity index (χ2n) is 4.95. The molecule has 19 heavy (non-hydrogen) atoms. The van der Waals surface area contributed by atoms with Gasteiger partial charge < -0.3 is 9.73 Å². The summed E-state index contributed by atoms with van der Waals surface area (Å²) in [7, 11) is 0. The normalized spacial score (nSPS) is 12.8. The van der Waals surface area contributed by atoms with Crippen LogP contribution < -0.4 is 5.32 Å². The Morgan fingerprint density at radius 3 is 2.68 bits per heavy atom. The van der Waals surface area contributed by atoms with Gasteiger partial charge in [-0.1, -0.05) is 6.92 Å². The van der Waals surface area contributed by atoms with E-state index in [0.29, 0.717) is 6.04 Å². The molecule has 3 nitrogen and oxygen atoms in total. The molecule has 0 amide bonds. The smallest absolute Gasteiger partial charge is 0.101 e. The van der Waals surface area contributed by atoms with Gasteiger partial charge in [-0.2, -0.15) is 0 Å². The van der Waals surface area contributed by atoms with Crippen molar-refractivity contribution in [1.29, 1.82) is 0 Å². The third kappa shape index (κ3) is 3.67. The maximum absolute atomic E-state index is 5.44. The highest BCUT2D eigenvalue weighted by Gasteiger charge is 2.16. The first-order valence-electron chi connectivity index (χ1n) is 6.81. The third-order valence-electron chi connectivity index (χ3n) is 3.25. The van der Waals surface area contributed by atoms with Crippen molar-refractivity contribution in [2.45, 2.75) is 46.6 Å². The standard InChI is InChI=1S/C15H22N2OS/c1-5-6-16-14(13-7-10(2)18-9-13)8-15-17-11(3)12(4)19-15/h7,9,14,16H,5-6,8H2,1-4H3. The van der Waals surface area contributed by atoms with Gasteiger partial charge in [-0.05, 0) is 39.8 Å². The molecule has 4 heteroatoms. The zero-order chi connectivity index (χ0) is 13.8. The Balaban J connectivity index is 2.13. The predicted octanol–water partition coefficient (Wildman–Crippen LogP) is 3.94. The van der Waals surface area contributed by atoms with E-state index in [2.05, 4.69) is 37.1 Å². The van der Waals surface area contributed by atoms with Gasteiger partial charge >= 0.3 is 0 Å². The van der Waals surface area contributed by atoms with Crippen molar-refractivity contribution in [1.82, 2.24) is 10.3 Å². The summed E-state index contributed by atoms with van der Waals surface area (Å²) in [5.74, 6) is 0.963. The summed E-state index contributed by atoms with van der Waals surface area (Å²) in [6.45, 7) is 9.39. The van der Waals surface area contributed by atoms with Crippen LogP contribution in [0.3, 0.4) is 0 Å². The number of nitrogens with zero attached hydrogens (tertiary/aromatic N) is 1. The van der Waals surface area contributed by atoms with Crippen LogP contribution in [0.1, 0.15) is 46.3 Å². The van der Waals surface area contributed by atoms with Gasteiger partial charge in [0.25, 0.3) is 0 Å². The molecule has 2 rings (SSSR count). The molecular weight excluding hydrogens is 256 g/mol. The molecule has 2 heterocycles. The van der Waals surface area contributed by atoms with Gasteiger partial charge in [-0.25, -0.2) is 4.98 Å². The molecule has 0 radical (unpaired) electrons. The maximum Gasteiger partial charge on any atom is 0.101 e. The van der Waals surface area contributed by atoms with E-state index in [1.54, 1.807) is 11.3 Å². The number of hydrogen-bond donors (Lipinski definition) is 1. The highest BCUT2D eigenvalue weighted by atomic mass is 32.1. The molecule has 2 aromatic heterocycles. The first kappa shape index (κ1) is 14.3. The van der Waals surface area contributed by atoms with Crippen LogP contribution in [0.2, 0.25) is 0 Å². The van der Waals surface area contributed by atoms with Crippen LogP contribution in [0.4, 0.5) is 0 Å². The van der Waals surface area contributed by atoms with Crippen LogP contribution in [-0.4, -0.2) is 11.5 Å². The van der Waals surface area contributed by atoms with Crippen LogP contribution in [-0.2, 0) is 6.42 Å². The Bertz CT molecular complexity index is 510. The summed E-state index contributed by atoms with van der Waals surface area (Å²) in [4.78, 5) is 5.95. The fourth-order valence-electron chi connectivity index (χ4n) is 2.07. The van der Waals surface area contributed by atoms with E-state index in [4.69, 9.17) is 4.42 Å². The Morgan fingerprint density at radius 1 is 1.37 bits per heavy atom. The Hall–Kier alpha value is -1.13. The molecular formula is C15H22N2OS. The quantitative estimate of drug-likeness (QED) is 0.869. The number of nitrogens with one attached hydrogen (secondary N) is 1. The largest absolute Gasteiger partial charge is 0.469 e. The van der Waals surface area contributed by atoms with E-state index < -0.39 is 0 Å². The van der Waals surface area contributed by atoms with Gasteiger partial charge in [0, 0.05) is 22.9 Å². The van der Waals surface area contributed by atoms with Gasteiger partial charge in [0.05, 0.1) is 17.0 Å². The Morgan fingerprint density at radius 2 is 2.16 bits per heavy atom. The minimum absolute atomic E-state index is 0.294. The first-order valence-corrected chi connectivity index (χ1v) is 7.63. The van der Waals surface area contributed by atoms with Crippen LogP contribution in [0.25, 0.3) is 0 Å². The molecule has 0 aliphatic carbocycles. The second-order valence-corrected chi connectivity index (χ2v) is 6.24. The fraction of sp³-hybridized carbons (Fsp3) is 0.533. The van der Waals surface area contributed by atoms with Gasteiger partial charge in [-0.15, -0.1) is 11.3 Å². The zero-order valence-electron chi connectivity index (χ0n) is 12.1. The molecule has 1 atom stereocenters. The number of rotatable bonds is 6. The Labute approximate surface area is 119 Å². The van der Waals surface area contributed by atoms with E-state index in [9.17, 15) is 0 Å². The average molecular weight is 278 g/mol. The van der Waals surface area contributed by atoms with E-state index in [1.165, 1.54) is 15.4 Å². The van der Waals surface area contributed by atoms with E-state index in [1.807, 2.05) is 13.2 Å². The SMILES string of the molecule is CCCNC(Cc1nc(C)c(C)s1)c1coc(C)c1.